The van der Waals surface area contributed by atoms with Gasteiger partial charge in [0.05, 0.1) is 10.9 Å². The molecule has 0 fully saturated rings. The SMILES string of the molecule is CN(C)/C=C1/CCn2c1nc1ccccc1c2=O. The van der Waals surface area contributed by atoms with Crippen LogP contribution in [0.25, 0.3) is 16.5 Å². The van der Waals surface area contributed by atoms with E-state index in [-0.39, 0.29) is 5.56 Å². The van der Waals surface area contributed by atoms with Gasteiger partial charge in [0.2, 0.25) is 0 Å². The molecule has 18 heavy (non-hydrogen) atoms. The third-order valence-electron chi connectivity index (χ3n) is 3.17. The molecule has 1 aromatic carbocycles. The molecule has 0 spiro atoms. The van der Waals surface area contributed by atoms with Crippen molar-refractivity contribution < 1.29 is 0 Å². The van der Waals surface area contributed by atoms with E-state index in [2.05, 4.69) is 4.98 Å². The van der Waals surface area contributed by atoms with E-state index in [9.17, 15) is 4.79 Å². The number of benzene rings is 1. The Bertz CT molecular complexity index is 698. The summed E-state index contributed by atoms with van der Waals surface area (Å²) in [5.41, 5.74) is 1.97. The maximum absolute atomic E-state index is 12.3. The Balaban J connectivity index is 2.30. The van der Waals surface area contributed by atoms with Crippen molar-refractivity contribution in [3.05, 3.63) is 46.6 Å². The average molecular weight is 241 g/mol. The first-order valence-electron chi connectivity index (χ1n) is 6.04. The zero-order valence-electron chi connectivity index (χ0n) is 10.6. The molecule has 3 rings (SSSR count). The zero-order chi connectivity index (χ0) is 12.7. The van der Waals surface area contributed by atoms with Gasteiger partial charge in [-0.05, 0) is 18.6 Å². The van der Waals surface area contributed by atoms with Crippen molar-refractivity contribution in [3.8, 4) is 0 Å². The molecule has 2 heterocycles. The van der Waals surface area contributed by atoms with E-state index < -0.39 is 0 Å². The summed E-state index contributed by atoms with van der Waals surface area (Å²) in [5.74, 6) is 0.812. The summed E-state index contributed by atoms with van der Waals surface area (Å²) in [7, 11) is 3.96. The first-order valence-corrected chi connectivity index (χ1v) is 6.04. The van der Waals surface area contributed by atoms with Crippen molar-refractivity contribution in [2.45, 2.75) is 13.0 Å². The normalized spacial score (nSPS) is 16.2. The number of fused-ring (bicyclic) bond motifs is 2. The van der Waals surface area contributed by atoms with Gasteiger partial charge in [0.15, 0.2) is 0 Å². The molecule has 4 nitrogen and oxygen atoms in total. The highest BCUT2D eigenvalue weighted by molar-refractivity contribution is 5.79. The Kier molecular flexibility index (Phi) is 2.44. The molecular weight excluding hydrogens is 226 g/mol. The lowest BCUT2D eigenvalue weighted by Crippen LogP contribution is -2.20. The van der Waals surface area contributed by atoms with Crippen LogP contribution >= 0.6 is 0 Å². The first-order chi connectivity index (χ1) is 8.66. The maximum atomic E-state index is 12.3. The number of para-hydroxylation sites is 1. The van der Waals surface area contributed by atoms with Gasteiger partial charge in [0, 0.05) is 32.4 Å². The van der Waals surface area contributed by atoms with Gasteiger partial charge in [0.25, 0.3) is 5.56 Å². The third kappa shape index (κ3) is 1.61. The van der Waals surface area contributed by atoms with Gasteiger partial charge in [0.1, 0.15) is 5.82 Å². The van der Waals surface area contributed by atoms with E-state index in [0.717, 1.165) is 29.9 Å². The fraction of sp³-hybridized carbons (Fsp3) is 0.286. The van der Waals surface area contributed by atoms with Crippen molar-refractivity contribution in [2.24, 2.45) is 0 Å². The fourth-order valence-corrected chi connectivity index (χ4v) is 2.40. The van der Waals surface area contributed by atoms with Crippen LogP contribution in [-0.4, -0.2) is 28.5 Å². The van der Waals surface area contributed by atoms with Crippen molar-refractivity contribution in [1.82, 2.24) is 14.5 Å². The lowest BCUT2D eigenvalue weighted by atomic mass is 10.2. The number of allylic oxidation sites excluding steroid dienone is 1. The lowest BCUT2D eigenvalue weighted by Gasteiger charge is -2.08. The van der Waals surface area contributed by atoms with E-state index >= 15 is 0 Å². The topological polar surface area (TPSA) is 38.1 Å². The molecule has 0 unspecified atom stereocenters. The van der Waals surface area contributed by atoms with Gasteiger partial charge < -0.3 is 4.90 Å². The molecule has 0 N–H and O–H groups in total. The van der Waals surface area contributed by atoms with Crippen LogP contribution in [0.5, 0.6) is 0 Å². The van der Waals surface area contributed by atoms with Crippen LogP contribution < -0.4 is 5.56 Å². The van der Waals surface area contributed by atoms with E-state index in [1.807, 2.05) is 49.5 Å². The van der Waals surface area contributed by atoms with Crippen LogP contribution in [0.4, 0.5) is 0 Å². The van der Waals surface area contributed by atoms with Crippen LogP contribution in [0.2, 0.25) is 0 Å². The molecule has 0 atom stereocenters. The molecule has 0 amide bonds. The predicted molar refractivity (Wildman–Crippen MR) is 72.3 cm³/mol. The van der Waals surface area contributed by atoms with E-state index in [0.29, 0.717) is 5.39 Å². The minimum absolute atomic E-state index is 0.0674. The molecule has 0 bridgehead atoms. The zero-order valence-corrected chi connectivity index (χ0v) is 10.6. The monoisotopic (exact) mass is 241 g/mol. The van der Waals surface area contributed by atoms with Crippen LogP contribution in [0.1, 0.15) is 12.2 Å². The summed E-state index contributed by atoms with van der Waals surface area (Å²) >= 11 is 0. The van der Waals surface area contributed by atoms with Crippen LogP contribution in [0.3, 0.4) is 0 Å². The Morgan fingerprint density at radius 1 is 1.33 bits per heavy atom. The highest BCUT2D eigenvalue weighted by Crippen LogP contribution is 2.25. The van der Waals surface area contributed by atoms with Crippen LogP contribution in [-0.2, 0) is 6.54 Å². The van der Waals surface area contributed by atoms with E-state index in [1.165, 1.54) is 0 Å². The molecular formula is C14H15N3O. The quantitative estimate of drug-likeness (QED) is 0.762. The minimum Gasteiger partial charge on any atom is -0.383 e. The largest absolute Gasteiger partial charge is 0.383 e. The summed E-state index contributed by atoms with van der Waals surface area (Å²) in [6.07, 6.45) is 2.91. The van der Waals surface area contributed by atoms with Crippen molar-refractivity contribution >= 4 is 16.5 Å². The number of nitrogens with zero attached hydrogens (tertiary/aromatic N) is 3. The highest BCUT2D eigenvalue weighted by Gasteiger charge is 2.20. The second kappa shape index (κ2) is 3.98. The van der Waals surface area contributed by atoms with Crippen molar-refractivity contribution in [1.29, 1.82) is 0 Å². The molecule has 1 aliphatic heterocycles. The van der Waals surface area contributed by atoms with Gasteiger partial charge in [-0.1, -0.05) is 12.1 Å². The summed E-state index contributed by atoms with van der Waals surface area (Å²) in [6.45, 7) is 0.728. The predicted octanol–water partition coefficient (Wildman–Crippen LogP) is 1.70. The number of rotatable bonds is 1. The summed E-state index contributed by atoms with van der Waals surface area (Å²) in [6, 6.07) is 7.52. The van der Waals surface area contributed by atoms with Crippen molar-refractivity contribution in [2.75, 3.05) is 14.1 Å². The Labute approximate surface area is 105 Å². The Morgan fingerprint density at radius 3 is 2.89 bits per heavy atom. The smallest absolute Gasteiger partial charge is 0.261 e. The molecule has 92 valence electrons. The molecule has 0 saturated carbocycles. The van der Waals surface area contributed by atoms with Gasteiger partial charge in [-0.3, -0.25) is 9.36 Å². The molecule has 1 aromatic heterocycles. The fourth-order valence-electron chi connectivity index (χ4n) is 2.40. The second-order valence-corrected chi connectivity index (χ2v) is 4.78. The molecule has 0 radical (unpaired) electrons. The number of hydrogen-bond acceptors (Lipinski definition) is 3. The first kappa shape index (κ1) is 11.0. The maximum Gasteiger partial charge on any atom is 0.261 e. The van der Waals surface area contributed by atoms with E-state index in [1.54, 1.807) is 4.57 Å². The summed E-state index contributed by atoms with van der Waals surface area (Å²) in [4.78, 5) is 18.9. The molecule has 0 saturated heterocycles. The van der Waals surface area contributed by atoms with Crippen LogP contribution in [0, 0.1) is 0 Å². The minimum atomic E-state index is 0.0674. The third-order valence-corrected chi connectivity index (χ3v) is 3.17. The number of aromatic nitrogens is 2. The Morgan fingerprint density at radius 2 is 2.11 bits per heavy atom. The molecule has 2 aromatic rings. The van der Waals surface area contributed by atoms with Gasteiger partial charge in [-0.2, -0.15) is 0 Å². The van der Waals surface area contributed by atoms with Crippen LogP contribution in [0.15, 0.2) is 35.3 Å². The molecule has 4 heteroatoms. The average Bonchev–Trinajstić information content (AvgIpc) is 2.73. The molecule has 0 aliphatic carbocycles. The van der Waals surface area contributed by atoms with E-state index in [4.69, 9.17) is 0 Å². The van der Waals surface area contributed by atoms with Gasteiger partial charge >= 0.3 is 0 Å². The Hall–Kier alpha value is -2.10. The lowest BCUT2D eigenvalue weighted by molar-refractivity contribution is 0.564. The van der Waals surface area contributed by atoms with Crippen molar-refractivity contribution in [3.63, 3.8) is 0 Å². The highest BCUT2D eigenvalue weighted by atomic mass is 16.1. The van der Waals surface area contributed by atoms with Gasteiger partial charge in [-0.15, -0.1) is 0 Å². The number of hydrogen-bond donors (Lipinski definition) is 0. The van der Waals surface area contributed by atoms with Gasteiger partial charge in [-0.25, -0.2) is 4.98 Å². The second-order valence-electron chi connectivity index (χ2n) is 4.78. The summed E-state index contributed by atoms with van der Waals surface area (Å²) < 4.78 is 1.78. The molecule has 1 aliphatic rings. The standard InChI is InChI=1S/C14H15N3O/c1-16(2)9-10-7-8-17-13(10)15-12-6-4-3-5-11(12)14(17)18/h3-6,9H,7-8H2,1-2H3/b10-9-. The summed E-state index contributed by atoms with van der Waals surface area (Å²) in [5, 5.41) is 0.701.